The van der Waals surface area contributed by atoms with Crippen molar-refractivity contribution in [1.82, 2.24) is 15.2 Å². The molecule has 21 heavy (non-hydrogen) atoms. The average molecular weight is 277 g/mol. The standard InChI is InChI=1S/C15H11N5O/c16-6-10-12(11-2-1-5-21-11)9-4-3-8-7-18-20-13(8)14(9)19-15(10)17/h1-2,5,7H,3-4H2,(H2,17,19)(H,18,20). The molecular weight excluding hydrogens is 266 g/mol. The molecule has 0 radical (unpaired) electrons. The van der Waals surface area contributed by atoms with Gasteiger partial charge in [-0.1, -0.05) is 0 Å². The van der Waals surface area contributed by atoms with Crippen molar-refractivity contribution < 1.29 is 4.42 Å². The highest BCUT2D eigenvalue weighted by atomic mass is 16.3. The van der Waals surface area contributed by atoms with Crippen LogP contribution in [0, 0.1) is 11.3 Å². The van der Waals surface area contributed by atoms with Gasteiger partial charge in [0.1, 0.15) is 23.2 Å². The van der Waals surface area contributed by atoms with Gasteiger partial charge in [0.05, 0.1) is 23.8 Å². The van der Waals surface area contributed by atoms with Crippen LogP contribution in [0.25, 0.3) is 22.7 Å². The lowest BCUT2D eigenvalue weighted by Gasteiger charge is -2.19. The molecule has 0 amide bonds. The minimum atomic E-state index is 0.213. The third-order valence-corrected chi connectivity index (χ3v) is 3.80. The second-order valence-electron chi connectivity index (χ2n) is 4.93. The molecule has 0 aliphatic heterocycles. The maximum atomic E-state index is 9.42. The molecule has 0 saturated heterocycles. The van der Waals surface area contributed by atoms with Crippen LogP contribution < -0.4 is 5.73 Å². The molecule has 3 aromatic rings. The quantitative estimate of drug-likeness (QED) is 0.710. The zero-order chi connectivity index (χ0) is 14.4. The van der Waals surface area contributed by atoms with Gasteiger partial charge in [0.25, 0.3) is 0 Å². The number of nitrogens with zero attached hydrogens (tertiary/aromatic N) is 3. The molecule has 3 heterocycles. The van der Waals surface area contributed by atoms with Gasteiger partial charge in [-0.2, -0.15) is 10.4 Å². The number of H-pyrrole nitrogens is 1. The van der Waals surface area contributed by atoms with E-state index in [4.69, 9.17) is 10.2 Å². The summed E-state index contributed by atoms with van der Waals surface area (Å²) < 4.78 is 5.49. The van der Waals surface area contributed by atoms with Crippen LogP contribution in [-0.4, -0.2) is 15.2 Å². The highest BCUT2D eigenvalue weighted by Gasteiger charge is 2.27. The Balaban J connectivity index is 2.10. The first-order chi connectivity index (χ1) is 10.3. The molecule has 6 heteroatoms. The maximum absolute atomic E-state index is 9.42. The van der Waals surface area contributed by atoms with Gasteiger partial charge in [-0.05, 0) is 36.1 Å². The largest absolute Gasteiger partial charge is 0.464 e. The van der Waals surface area contributed by atoms with Crippen LogP contribution in [0.15, 0.2) is 29.0 Å². The van der Waals surface area contributed by atoms with E-state index in [2.05, 4.69) is 21.3 Å². The number of aryl methyl sites for hydroxylation is 1. The summed E-state index contributed by atoms with van der Waals surface area (Å²) >= 11 is 0. The second kappa shape index (κ2) is 4.21. The van der Waals surface area contributed by atoms with Crippen molar-refractivity contribution in [3.8, 4) is 28.8 Å². The number of rotatable bonds is 1. The lowest BCUT2D eigenvalue weighted by molar-refractivity contribution is 0.581. The number of hydrogen-bond acceptors (Lipinski definition) is 5. The second-order valence-corrected chi connectivity index (χ2v) is 4.93. The van der Waals surface area contributed by atoms with Gasteiger partial charge >= 0.3 is 0 Å². The van der Waals surface area contributed by atoms with Crippen molar-refractivity contribution in [3.63, 3.8) is 0 Å². The smallest absolute Gasteiger partial charge is 0.142 e. The Morgan fingerprint density at radius 3 is 3.05 bits per heavy atom. The highest BCUT2D eigenvalue weighted by Crippen LogP contribution is 2.40. The molecule has 3 N–H and O–H groups in total. The van der Waals surface area contributed by atoms with Crippen LogP contribution >= 0.6 is 0 Å². The van der Waals surface area contributed by atoms with Crippen molar-refractivity contribution in [2.24, 2.45) is 0 Å². The molecule has 0 unspecified atom stereocenters. The molecule has 0 spiro atoms. The van der Waals surface area contributed by atoms with E-state index in [-0.39, 0.29) is 5.82 Å². The SMILES string of the molecule is N#Cc1c(N)nc2c(c1-c1ccco1)CCc1cn[nH]c1-2. The van der Waals surface area contributed by atoms with Crippen LogP contribution in [0.2, 0.25) is 0 Å². The zero-order valence-corrected chi connectivity index (χ0v) is 11.1. The molecular formula is C15H11N5O. The number of fused-ring (bicyclic) bond motifs is 3. The molecule has 3 aromatic heterocycles. The lowest BCUT2D eigenvalue weighted by Crippen LogP contribution is -2.10. The summed E-state index contributed by atoms with van der Waals surface area (Å²) in [6, 6.07) is 5.77. The number of nitriles is 1. The number of aromatic nitrogens is 3. The third-order valence-electron chi connectivity index (χ3n) is 3.80. The molecule has 0 atom stereocenters. The summed E-state index contributed by atoms with van der Waals surface area (Å²) in [7, 11) is 0. The molecule has 4 rings (SSSR count). The number of nitrogen functional groups attached to an aromatic ring is 1. The average Bonchev–Trinajstić information content (AvgIpc) is 3.17. The fourth-order valence-corrected chi connectivity index (χ4v) is 2.86. The summed E-state index contributed by atoms with van der Waals surface area (Å²) in [5.41, 5.74) is 10.8. The Morgan fingerprint density at radius 2 is 2.29 bits per heavy atom. The van der Waals surface area contributed by atoms with Gasteiger partial charge in [0.15, 0.2) is 0 Å². The van der Waals surface area contributed by atoms with E-state index in [0.29, 0.717) is 11.3 Å². The van der Waals surface area contributed by atoms with Gasteiger partial charge in [0, 0.05) is 5.56 Å². The van der Waals surface area contributed by atoms with Crippen LogP contribution in [0.1, 0.15) is 16.7 Å². The number of hydrogen-bond donors (Lipinski definition) is 2. The normalized spacial score (nSPS) is 12.5. The molecule has 6 nitrogen and oxygen atoms in total. The monoisotopic (exact) mass is 277 g/mol. The van der Waals surface area contributed by atoms with Crippen LogP contribution in [0.4, 0.5) is 5.82 Å². The van der Waals surface area contributed by atoms with E-state index in [1.54, 1.807) is 18.5 Å². The van der Waals surface area contributed by atoms with Crippen molar-refractivity contribution in [2.45, 2.75) is 12.8 Å². The first-order valence-electron chi connectivity index (χ1n) is 6.58. The summed E-state index contributed by atoms with van der Waals surface area (Å²) in [6.45, 7) is 0. The maximum Gasteiger partial charge on any atom is 0.142 e. The third kappa shape index (κ3) is 1.58. The van der Waals surface area contributed by atoms with Gasteiger partial charge in [0.2, 0.25) is 0 Å². The number of anilines is 1. The zero-order valence-electron chi connectivity index (χ0n) is 11.1. The van der Waals surface area contributed by atoms with Gasteiger partial charge < -0.3 is 10.2 Å². The van der Waals surface area contributed by atoms with Crippen LogP contribution in [0.3, 0.4) is 0 Å². The Morgan fingerprint density at radius 1 is 1.38 bits per heavy atom. The highest BCUT2D eigenvalue weighted by molar-refractivity contribution is 5.83. The predicted octanol–water partition coefficient (Wildman–Crippen LogP) is 2.28. The summed E-state index contributed by atoms with van der Waals surface area (Å²) in [6.07, 6.45) is 5.02. The minimum Gasteiger partial charge on any atom is -0.464 e. The number of aromatic amines is 1. The first kappa shape index (κ1) is 11.7. The van der Waals surface area contributed by atoms with E-state index in [1.165, 1.54) is 0 Å². The van der Waals surface area contributed by atoms with E-state index in [9.17, 15) is 5.26 Å². The topological polar surface area (TPSA) is 105 Å². The predicted molar refractivity (Wildman–Crippen MR) is 76.1 cm³/mol. The summed E-state index contributed by atoms with van der Waals surface area (Å²) in [4.78, 5) is 4.41. The van der Waals surface area contributed by atoms with Crippen molar-refractivity contribution in [1.29, 1.82) is 5.26 Å². The fourth-order valence-electron chi connectivity index (χ4n) is 2.86. The van der Waals surface area contributed by atoms with E-state index < -0.39 is 0 Å². The van der Waals surface area contributed by atoms with Crippen LogP contribution in [0.5, 0.6) is 0 Å². The van der Waals surface area contributed by atoms with Crippen molar-refractivity contribution >= 4 is 5.82 Å². The van der Waals surface area contributed by atoms with Crippen molar-refractivity contribution in [2.75, 3.05) is 5.73 Å². The van der Waals surface area contributed by atoms with E-state index >= 15 is 0 Å². The Bertz CT molecular complexity index is 870. The number of nitrogens with one attached hydrogen (secondary N) is 1. The molecule has 1 aliphatic rings. The van der Waals surface area contributed by atoms with E-state index in [0.717, 1.165) is 40.9 Å². The molecule has 0 saturated carbocycles. The molecule has 102 valence electrons. The molecule has 0 aromatic carbocycles. The summed E-state index contributed by atoms with van der Waals surface area (Å²) in [5, 5.41) is 16.5. The molecule has 0 fully saturated rings. The van der Waals surface area contributed by atoms with Gasteiger partial charge in [-0.15, -0.1) is 0 Å². The van der Waals surface area contributed by atoms with Gasteiger partial charge in [-0.25, -0.2) is 4.98 Å². The number of nitrogens with two attached hydrogens (primary N) is 1. The lowest BCUT2D eigenvalue weighted by atomic mass is 9.88. The first-order valence-corrected chi connectivity index (χ1v) is 6.58. The van der Waals surface area contributed by atoms with E-state index in [1.807, 2.05) is 6.07 Å². The Hall–Kier alpha value is -3.07. The molecule has 0 bridgehead atoms. The molecule has 1 aliphatic carbocycles. The number of furan rings is 1. The van der Waals surface area contributed by atoms with Gasteiger partial charge in [-0.3, -0.25) is 5.10 Å². The Kier molecular flexibility index (Phi) is 2.35. The number of pyridine rings is 1. The minimum absolute atomic E-state index is 0.213. The van der Waals surface area contributed by atoms with Crippen molar-refractivity contribution in [3.05, 3.63) is 41.3 Å². The Labute approximate surface area is 120 Å². The summed E-state index contributed by atoms with van der Waals surface area (Å²) in [5.74, 6) is 0.852. The van der Waals surface area contributed by atoms with Crippen LogP contribution in [-0.2, 0) is 12.8 Å². The fraction of sp³-hybridized carbons (Fsp3) is 0.133.